The molecule has 0 saturated heterocycles. The van der Waals surface area contributed by atoms with Crippen LogP contribution in [0.4, 0.5) is 11.4 Å². The lowest BCUT2D eigenvalue weighted by molar-refractivity contribution is -0.746. The molecule has 0 radical (unpaired) electrons. The smallest absolute Gasteiger partial charge is 0.273 e. The minimum absolute atomic E-state index is 0.00210. The normalized spacial score (nSPS) is 21.7. The van der Waals surface area contributed by atoms with E-state index in [1.807, 2.05) is 49.2 Å². The highest BCUT2D eigenvalue weighted by atomic mass is 16.6. The van der Waals surface area contributed by atoms with Crippen LogP contribution in [0.1, 0.15) is 19.3 Å². The number of non-ortho nitro benzene ring substituents is 1. The maximum absolute atomic E-state index is 11.0. The van der Waals surface area contributed by atoms with E-state index in [1.165, 1.54) is 18.6 Å². The number of rotatable bonds is 6. The topological polar surface area (TPSA) is 80.3 Å². The van der Waals surface area contributed by atoms with Crippen LogP contribution in [-0.4, -0.2) is 28.1 Å². The minimum atomic E-state index is -0.432. The van der Waals surface area contributed by atoms with Crippen molar-refractivity contribution in [3.8, 4) is 11.5 Å². The summed E-state index contributed by atoms with van der Waals surface area (Å²) in [5.74, 6) is 1.05. The van der Waals surface area contributed by atoms with Gasteiger partial charge in [0, 0.05) is 6.07 Å². The van der Waals surface area contributed by atoms with Crippen LogP contribution >= 0.6 is 0 Å². The molecule has 0 aromatic heterocycles. The number of ether oxygens (including phenoxy) is 1. The quantitative estimate of drug-likeness (QED) is 0.390. The maximum Gasteiger partial charge on any atom is 0.273 e. The van der Waals surface area contributed by atoms with Crippen molar-refractivity contribution in [1.29, 1.82) is 0 Å². The van der Waals surface area contributed by atoms with Crippen LogP contribution in [0.3, 0.4) is 0 Å². The Morgan fingerprint density at radius 1 is 1.10 bits per heavy atom. The van der Waals surface area contributed by atoms with E-state index in [4.69, 9.17) is 4.74 Å². The number of nitro benzene ring substituents is 1. The van der Waals surface area contributed by atoms with Crippen molar-refractivity contribution in [1.82, 2.24) is 0 Å². The van der Waals surface area contributed by atoms with E-state index < -0.39 is 4.92 Å². The van der Waals surface area contributed by atoms with Crippen molar-refractivity contribution in [2.24, 2.45) is 9.98 Å². The molecule has 2 aromatic carbocycles. The molecule has 5 rings (SSSR count). The summed E-state index contributed by atoms with van der Waals surface area (Å²) in [6.45, 7) is 0. The van der Waals surface area contributed by atoms with Gasteiger partial charge in [-0.1, -0.05) is 6.07 Å². The van der Waals surface area contributed by atoms with Crippen LogP contribution in [0.25, 0.3) is 0 Å². The Kier molecular flexibility index (Phi) is 4.40. The first-order chi connectivity index (χ1) is 14.7. The van der Waals surface area contributed by atoms with Gasteiger partial charge in [-0.2, -0.15) is 0 Å². The van der Waals surface area contributed by atoms with E-state index in [2.05, 4.69) is 15.0 Å². The number of allylic oxidation sites excluding steroid dienone is 1. The highest BCUT2D eigenvalue weighted by Gasteiger charge is 2.46. The van der Waals surface area contributed by atoms with Crippen molar-refractivity contribution < 1.29 is 14.3 Å². The Morgan fingerprint density at radius 2 is 1.93 bits per heavy atom. The molecule has 2 aliphatic heterocycles. The summed E-state index contributed by atoms with van der Waals surface area (Å²) in [4.78, 5) is 19.2. The van der Waals surface area contributed by atoms with E-state index in [9.17, 15) is 10.1 Å². The summed E-state index contributed by atoms with van der Waals surface area (Å²) >= 11 is 0. The molecular weight excluding hydrogens is 382 g/mol. The number of nitro groups is 1. The Balaban J connectivity index is 1.43. The molecule has 150 valence electrons. The summed E-state index contributed by atoms with van der Waals surface area (Å²) in [7, 11) is 0. The number of quaternary nitrogens is 1. The molecule has 1 saturated carbocycles. The van der Waals surface area contributed by atoms with Gasteiger partial charge >= 0.3 is 0 Å². The van der Waals surface area contributed by atoms with Crippen molar-refractivity contribution in [3.63, 3.8) is 0 Å². The van der Waals surface area contributed by atoms with Crippen LogP contribution in [0.5, 0.6) is 11.5 Å². The molecule has 1 unspecified atom stereocenters. The van der Waals surface area contributed by atoms with Gasteiger partial charge in [-0.3, -0.25) is 15.1 Å². The number of anilines is 1. The minimum Gasteiger partial charge on any atom is -0.457 e. The van der Waals surface area contributed by atoms with Gasteiger partial charge < -0.3 is 4.74 Å². The molecule has 2 heterocycles. The number of benzene rings is 2. The summed E-state index contributed by atoms with van der Waals surface area (Å²) in [6, 6.07) is 14.4. The third-order valence-electron chi connectivity index (χ3n) is 5.59. The predicted molar refractivity (Wildman–Crippen MR) is 114 cm³/mol. The Labute approximate surface area is 173 Å². The Bertz CT molecular complexity index is 1100. The highest BCUT2D eigenvalue weighted by molar-refractivity contribution is 5.82. The molecule has 0 N–H and O–H groups in total. The Morgan fingerprint density at radius 3 is 2.67 bits per heavy atom. The van der Waals surface area contributed by atoms with Gasteiger partial charge in [-0.25, -0.2) is 10.0 Å². The second kappa shape index (κ2) is 7.23. The fourth-order valence-electron chi connectivity index (χ4n) is 3.90. The lowest BCUT2D eigenvalue weighted by Gasteiger charge is -2.46. The van der Waals surface area contributed by atoms with E-state index in [0.717, 1.165) is 24.2 Å². The first-order valence-electron chi connectivity index (χ1n) is 9.82. The summed E-state index contributed by atoms with van der Waals surface area (Å²) in [6.07, 6.45) is 12.9. The fraction of sp³-hybridized carbons (Fsp3) is 0.182. The van der Waals surface area contributed by atoms with Gasteiger partial charge in [0.25, 0.3) is 5.69 Å². The van der Waals surface area contributed by atoms with Gasteiger partial charge in [0.05, 0.1) is 41.3 Å². The van der Waals surface area contributed by atoms with Gasteiger partial charge in [-0.05, 0) is 49.6 Å². The van der Waals surface area contributed by atoms with Crippen molar-refractivity contribution >= 4 is 23.9 Å². The molecule has 0 amide bonds. The van der Waals surface area contributed by atoms with Crippen molar-refractivity contribution in [2.45, 2.75) is 25.3 Å². The van der Waals surface area contributed by atoms with E-state index in [1.54, 1.807) is 18.3 Å². The second-order valence-electron chi connectivity index (χ2n) is 7.41. The standard InChI is InChI=1S/C22H20N5O3/c28-26(29)19-5-2-6-22(13-19)30-21-9-7-18(8-10-21)25(17-3-1-4-17)27-12-11-23-14-20(27)15-24-16-27/h2,5-17H,1,3-4H2/q+1. The first-order valence-corrected chi connectivity index (χ1v) is 9.82. The molecular formula is C22H20N5O3+. The first kappa shape index (κ1) is 18.3. The maximum atomic E-state index is 11.0. The summed E-state index contributed by atoms with van der Waals surface area (Å²) in [5, 5.41) is 13.3. The molecule has 30 heavy (non-hydrogen) atoms. The number of hydrogen-bond donors (Lipinski definition) is 0. The van der Waals surface area contributed by atoms with Crippen LogP contribution in [0, 0.1) is 10.1 Å². The summed E-state index contributed by atoms with van der Waals surface area (Å²) in [5.41, 5.74) is 2.05. The third-order valence-corrected chi connectivity index (χ3v) is 5.59. The monoisotopic (exact) mass is 402 g/mol. The van der Waals surface area contributed by atoms with Crippen LogP contribution in [0.15, 0.2) is 82.8 Å². The molecule has 1 aliphatic carbocycles. The molecule has 1 atom stereocenters. The molecule has 2 aromatic rings. The highest BCUT2D eigenvalue weighted by Crippen LogP contribution is 2.39. The van der Waals surface area contributed by atoms with Gasteiger partial charge in [0.1, 0.15) is 11.5 Å². The van der Waals surface area contributed by atoms with Crippen molar-refractivity contribution in [3.05, 3.63) is 82.9 Å². The summed E-state index contributed by atoms with van der Waals surface area (Å²) < 4.78 is 6.24. The van der Waals surface area contributed by atoms with E-state index in [0.29, 0.717) is 22.1 Å². The SMILES string of the molecule is O=[N+]([O-])c1cccc(Oc2ccc(N(C3CCC3)[N+]34C=CN=CC3=CN=C4)cc2)c1. The predicted octanol–water partition coefficient (Wildman–Crippen LogP) is 4.92. The third kappa shape index (κ3) is 3.07. The van der Waals surface area contributed by atoms with Crippen molar-refractivity contribution in [2.75, 3.05) is 5.01 Å². The zero-order valence-electron chi connectivity index (χ0n) is 16.2. The molecule has 0 spiro atoms. The number of nitrogens with zero attached hydrogens (tertiary/aromatic N) is 5. The number of fused-ring (bicyclic) bond motifs is 1. The lowest BCUT2D eigenvalue weighted by atomic mass is 9.92. The van der Waals surface area contributed by atoms with Crippen LogP contribution in [0.2, 0.25) is 0 Å². The largest absolute Gasteiger partial charge is 0.457 e. The molecule has 8 nitrogen and oxygen atoms in total. The zero-order valence-corrected chi connectivity index (χ0v) is 16.2. The van der Waals surface area contributed by atoms with Crippen LogP contribution < -0.4 is 9.75 Å². The average Bonchev–Trinajstić information content (AvgIpc) is 3.16. The van der Waals surface area contributed by atoms with E-state index in [-0.39, 0.29) is 5.69 Å². The number of hydrogen-bond acceptors (Lipinski definition) is 6. The number of aliphatic imine (C=N–C) groups is 2. The molecule has 8 heteroatoms. The molecule has 1 fully saturated rings. The lowest BCUT2D eigenvalue weighted by Crippen LogP contribution is -2.61. The van der Waals surface area contributed by atoms with Crippen LogP contribution in [-0.2, 0) is 0 Å². The average molecular weight is 402 g/mol. The van der Waals surface area contributed by atoms with E-state index >= 15 is 0 Å². The van der Waals surface area contributed by atoms with Gasteiger partial charge in [0.2, 0.25) is 12.0 Å². The van der Waals surface area contributed by atoms with Gasteiger partial charge in [-0.15, -0.1) is 4.59 Å². The molecule has 3 aliphatic rings. The second-order valence-corrected chi connectivity index (χ2v) is 7.41. The Hall–Kier alpha value is -3.78. The molecule has 0 bridgehead atoms. The fourth-order valence-corrected chi connectivity index (χ4v) is 3.90. The van der Waals surface area contributed by atoms with Gasteiger partial charge in [0.15, 0.2) is 6.20 Å². The zero-order chi connectivity index (χ0) is 20.6.